The lowest BCUT2D eigenvalue weighted by molar-refractivity contribution is -0.386. The predicted molar refractivity (Wildman–Crippen MR) is 87.7 cm³/mol. The molecule has 0 saturated carbocycles. The summed E-state index contributed by atoms with van der Waals surface area (Å²) in [6, 6.07) is 6.67. The van der Waals surface area contributed by atoms with E-state index in [2.05, 4.69) is 0 Å². The van der Waals surface area contributed by atoms with Gasteiger partial charge in [-0.2, -0.15) is 0 Å². The first-order valence-electron chi connectivity index (χ1n) is 7.10. The van der Waals surface area contributed by atoms with E-state index in [0.29, 0.717) is 0 Å². The number of phenolic OH excluding ortho intramolecular Hbond substituents is 1. The average molecular weight is 360 g/mol. The Balaban J connectivity index is 2.29. The molecular weight excluding hydrogens is 348 g/mol. The van der Waals surface area contributed by atoms with Crippen LogP contribution in [-0.4, -0.2) is 33.6 Å². The van der Waals surface area contributed by atoms with Gasteiger partial charge in [0.15, 0.2) is 11.6 Å². The fourth-order valence-electron chi connectivity index (χ4n) is 2.18. The number of hydrogen-bond donors (Lipinski definition) is 1. The first-order valence-corrected chi connectivity index (χ1v) is 7.10. The van der Waals surface area contributed by atoms with E-state index < -0.39 is 44.8 Å². The third-order valence-electron chi connectivity index (χ3n) is 3.52. The molecule has 134 valence electrons. The highest BCUT2D eigenvalue weighted by atomic mass is 16.6. The normalized spacial score (nSPS) is 10.2. The van der Waals surface area contributed by atoms with Gasteiger partial charge in [-0.25, -0.2) is 0 Å². The second kappa shape index (κ2) is 7.38. The third-order valence-corrected chi connectivity index (χ3v) is 3.52. The molecule has 26 heavy (non-hydrogen) atoms. The fourth-order valence-corrected chi connectivity index (χ4v) is 2.18. The van der Waals surface area contributed by atoms with Gasteiger partial charge >= 0.3 is 5.69 Å². The highest BCUT2D eigenvalue weighted by Gasteiger charge is 2.25. The van der Waals surface area contributed by atoms with Gasteiger partial charge in [0.2, 0.25) is 5.75 Å². The van der Waals surface area contributed by atoms with Gasteiger partial charge in [-0.05, 0) is 18.2 Å². The highest BCUT2D eigenvalue weighted by Crippen LogP contribution is 2.35. The lowest BCUT2D eigenvalue weighted by Crippen LogP contribution is -2.10. The molecular formula is C16H12N2O8. The second-order valence-electron chi connectivity index (χ2n) is 5.13. The fraction of sp³-hybridized carbons (Fsp3) is 0.125. The lowest BCUT2D eigenvalue weighted by atomic mass is 10.00. The van der Waals surface area contributed by atoms with E-state index in [1.165, 1.54) is 19.2 Å². The maximum Gasteiger partial charge on any atom is 0.315 e. The van der Waals surface area contributed by atoms with Crippen LogP contribution in [0.1, 0.15) is 27.1 Å². The van der Waals surface area contributed by atoms with Crippen molar-refractivity contribution in [2.75, 3.05) is 7.11 Å². The maximum absolute atomic E-state index is 12.3. The average Bonchev–Trinajstić information content (AvgIpc) is 2.61. The van der Waals surface area contributed by atoms with Gasteiger partial charge in [0.1, 0.15) is 5.75 Å². The predicted octanol–water partition coefficient (Wildman–Crippen LogP) is 2.67. The molecule has 2 rings (SSSR count). The Bertz CT molecular complexity index is 905. The van der Waals surface area contributed by atoms with Crippen LogP contribution < -0.4 is 4.74 Å². The highest BCUT2D eigenvalue weighted by molar-refractivity contribution is 6.15. The number of non-ortho nitro benzene ring substituents is 1. The number of nitro benzene ring substituents is 2. The number of ketones is 2. The Morgan fingerprint density at radius 3 is 2.15 bits per heavy atom. The van der Waals surface area contributed by atoms with Crippen molar-refractivity contribution in [3.05, 3.63) is 67.8 Å². The molecule has 0 aliphatic rings. The molecule has 2 aromatic rings. The van der Waals surface area contributed by atoms with Crippen LogP contribution in [0.2, 0.25) is 0 Å². The molecule has 0 aliphatic carbocycles. The molecule has 0 heterocycles. The molecule has 10 nitrogen and oxygen atoms in total. The van der Waals surface area contributed by atoms with Crippen LogP contribution in [0.5, 0.6) is 11.5 Å². The summed E-state index contributed by atoms with van der Waals surface area (Å²) < 4.78 is 4.86. The molecule has 0 radical (unpaired) electrons. The van der Waals surface area contributed by atoms with Crippen molar-refractivity contribution in [1.29, 1.82) is 0 Å². The summed E-state index contributed by atoms with van der Waals surface area (Å²) in [5, 5.41) is 31.5. The van der Waals surface area contributed by atoms with E-state index in [0.717, 1.165) is 24.3 Å². The van der Waals surface area contributed by atoms with Crippen molar-refractivity contribution in [3.63, 3.8) is 0 Å². The number of phenols is 1. The topological polar surface area (TPSA) is 150 Å². The SMILES string of the molecule is COc1cc(C(=O)CC(=O)c2ccc([N+](=O)[O-])cc2)c(O)c([N+](=O)[O-])c1. The quantitative estimate of drug-likeness (QED) is 0.342. The van der Waals surface area contributed by atoms with E-state index in [1.807, 2.05) is 0 Å². The van der Waals surface area contributed by atoms with Crippen molar-refractivity contribution >= 4 is 22.9 Å². The molecule has 0 amide bonds. The van der Waals surface area contributed by atoms with Crippen molar-refractivity contribution in [3.8, 4) is 11.5 Å². The number of aromatic hydroxyl groups is 1. The number of carbonyl (C=O) groups is 2. The molecule has 0 bridgehead atoms. The number of Topliss-reactive ketones (excluding diaryl/α,β-unsaturated/α-hetero) is 2. The van der Waals surface area contributed by atoms with E-state index in [4.69, 9.17) is 4.74 Å². The van der Waals surface area contributed by atoms with Crippen molar-refractivity contribution < 1.29 is 29.3 Å². The van der Waals surface area contributed by atoms with Gasteiger partial charge in [-0.3, -0.25) is 29.8 Å². The Labute approximate surface area is 145 Å². The van der Waals surface area contributed by atoms with Crippen molar-refractivity contribution in [2.45, 2.75) is 6.42 Å². The summed E-state index contributed by atoms with van der Waals surface area (Å²) in [6.45, 7) is 0. The monoisotopic (exact) mass is 360 g/mol. The van der Waals surface area contributed by atoms with Crippen molar-refractivity contribution in [1.82, 2.24) is 0 Å². The number of benzene rings is 2. The van der Waals surface area contributed by atoms with Crippen LogP contribution in [0.25, 0.3) is 0 Å². The number of methoxy groups -OCH3 is 1. The second-order valence-corrected chi connectivity index (χ2v) is 5.13. The number of carbonyl (C=O) groups excluding carboxylic acids is 2. The third kappa shape index (κ3) is 3.80. The minimum absolute atomic E-state index is 0.0272. The lowest BCUT2D eigenvalue weighted by Gasteiger charge is -2.07. The van der Waals surface area contributed by atoms with Crippen molar-refractivity contribution in [2.24, 2.45) is 0 Å². The summed E-state index contributed by atoms with van der Waals surface area (Å²) in [6.07, 6.45) is -0.685. The summed E-state index contributed by atoms with van der Waals surface area (Å²) in [7, 11) is 1.23. The van der Waals surface area contributed by atoms with Gasteiger partial charge < -0.3 is 9.84 Å². The van der Waals surface area contributed by atoms with Crippen LogP contribution in [0.15, 0.2) is 36.4 Å². The van der Waals surface area contributed by atoms with E-state index in [1.54, 1.807) is 0 Å². The summed E-state index contributed by atoms with van der Waals surface area (Å²) >= 11 is 0. The van der Waals surface area contributed by atoms with Crippen LogP contribution in [0, 0.1) is 20.2 Å². The molecule has 0 aliphatic heterocycles. The standard InChI is InChI=1S/C16H12N2O8/c1-26-11-6-12(16(21)13(7-11)18(24)25)15(20)8-14(19)9-2-4-10(5-3-9)17(22)23/h2-7,21H,8H2,1H3. The Hall–Kier alpha value is -3.82. The van der Waals surface area contributed by atoms with Gasteiger partial charge in [0.25, 0.3) is 5.69 Å². The van der Waals surface area contributed by atoms with E-state index in [-0.39, 0.29) is 17.0 Å². The first kappa shape index (κ1) is 18.5. The summed E-state index contributed by atoms with van der Waals surface area (Å²) in [4.78, 5) is 44.5. The van der Waals surface area contributed by atoms with Crippen LogP contribution >= 0.6 is 0 Å². The molecule has 0 fully saturated rings. The van der Waals surface area contributed by atoms with Crippen LogP contribution in [0.4, 0.5) is 11.4 Å². The number of nitro groups is 2. The smallest absolute Gasteiger partial charge is 0.315 e. The maximum atomic E-state index is 12.3. The van der Waals surface area contributed by atoms with Gasteiger partial charge in [-0.15, -0.1) is 0 Å². The Kier molecular flexibility index (Phi) is 5.26. The molecule has 0 spiro atoms. The summed E-state index contributed by atoms with van der Waals surface area (Å²) in [5.41, 5.74) is -1.31. The van der Waals surface area contributed by atoms with Crippen LogP contribution in [0.3, 0.4) is 0 Å². The number of rotatable bonds is 7. The van der Waals surface area contributed by atoms with Gasteiger partial charge in [0, 0.05) is 17.7 Å². The number of nitrogens with zero attached hydrogens (tertiary/aromatic N) is 2. The Morgan fingerprint density at radius 1 is 1.04 bits per heavy atom. The van der Waals surface area contributed by atoms with Crippen LogP contribution in [-0.2, 0) is 0 Å². The molecule has 0 aromatic heterocycles. The van der Waals surface area contributed by atoms with Gasteiger partial charge in [-0.1, -0.05) is 0 Å². The minimum atomic E-state index is -0.882. The Morgan fingerprint density at radius 2 is 1.65 bits per heavy atom. The van der Waals surface area contributed by atoms with Gasteiger partial charge in [0.05, 0.1) is 35.0 Å². The zero-order valence-electron chi connectivity index (χ0n) is 13.4. The molecule has 1 N–H and O–H groups in total. The molecule has 0 unspecified atom stereocenters. The molecule has 0 atom stereocenters. The number of hydrogen-bond acceptors (Lipinski definition) is 8. The zero-order chi connectivity index (χ0) is 19.4. The first-order chi connectivity index (χ1) is 12.2. The van der Waals surface area contributed by atoms with E-state index in [9.17, 15) is 34.9 Å². The molecule has 0 saturated heterocycles. The molecule has 2 aromatic carbocycles. The minimum Gasteiger partial charge on any atom is -0.502 e. The largest absolute Gasteiger partial charge is 0.502 e. The van der Waals surface area contributed by atoms with E-state index >= 15 is 0 Å². The number of ether oxygens (including phenoxy) is 1. The summed E-state index contributed by atoms with van der Waals surface area (Å²) in [5.74, 6) is -2.40. The zero-order valence-corrected chi connectivity index (χ0v) is 13.4. The molecule has 10 heteroatoms.